The van der Waals surface area contributed by atoms with Crippen LogP contribution < -0.4 is 10.6 Å². The highest BCUT2D eigenvalue weighted by Gasteiger charge is 2.23. The molecule has 2 N–H and O–H groups in total. The molecule has 2 aromatic rings. The fraction of sp³-hybridized carbons (Fsp3) is 0.368. The van der Waals surface area contributed by atoms with Gasteiger partial charge in [0, 0.05) is 18.7 Å². The molecule has 0 radical (unpaired) electrons. The van der Waals surface area contributed by atoms with Crippen molar-refractivity contribution in [3.05, 3.63) is 47.8 Å². The Bertz CT molecular complexity index is 835. The second-order valence-corrected chi connectivity index (χ2v) is 6.18. The monoisotopic (exact) mass is 367 g/mol. The van der Waals surface area contributed by atoms with Crippen LogP contribution in [0.2, 0.25) is 0 Å². The molecule has 2 heterocycles. The molecule has 1 fully saturated rings. The molecule has 1 unspecified atom stereocenters. The van der Waals surface area contributed by atoms with Gasteiger partial charge in [-0.05, 0) is 31.4 Å². The summed E-state index contributed by atoms with van der Waals surface area (Å²) in [6.07, 6.45) is 4.37. The highest BCUT2D eigenvalue weighted by Crippen LogP contribution is 2.25. The van der Waals surface area contributed by atoms with E-state index in [9.17, 15) is 9.59 Å². The fourth-order valence-electron chi connectivity index (χ4n) is 2.83. The molecule has 1 aromatic heterocycles. The molecular formula is C19H21N5O3. The molecule has 8 heteroatoms. The maximum Gasteiger partial charge on any atom is 0.273 e. The van der Waals surface area contributed by atoms with Crippen molar-refractivity contribution >= 4 is 17.5 Å². The normalized spacial score (nSPS) is 16.3. The first-order valence-corrected chi connectivity index (χ1v) is 8.91. The fourth-order valence-corrected chi connectivity index (χ4v) is 2.83. The second-order valence-electron chi connectivity index (χ2n) is 6.18. The summed E-state index contributed by atoms with van der Waals surface area (Å²) in [6.45, 7) is 0.855. The van der Waals surface area contributed by atoms with E-state index in [1.807, 2.05) is 12.1 Å². The van der Waals surface area contributed by atoms with Crippen molar-refractivity contribution in [2.24, 2.45) is 0 Å². The zero-order valence-corrected chi connectivity index (χ0v) is 14.9. The van der Waals surface area contributed by atoms with Gasteiger partial charge >= 0.3 is 0 Å². The Kier molecular flexibility index (Phi) is 6.18. The minimum atomic E-state index is -0.442. The number of hydrogen-bond donors (Lipinski definition) is 2. The first-order chi connectivity index (χ1) is 13.2. The highest BCUT2D eigenvalue weighted by molar-refractivity contribution is 6.08. The van der Waals surface area contributed by atoms with Crippen LogP contribution in [0.25, 0.3) is 0 Å². The lowest BCUT2D eigenvalue weighted by Gasteiger charge is -2.22. The largest absolute Gasteiger partial charge is 0.357 e. The van der Waals surface area contributed by atoms with Crippen LogP contribution in [0.15, 0.2) is 36.5 Å². The Morgan fingerprint density at radius 1 is 1.26 bits per heavy atom. The molecule has 0 saturated carbocycles. The second kappa shape index (κ2) is 8.96. The SMILES string of the molecule is N#CCCNC(=O)c1nn(C2CCCCO2)cc1NC(=O)c1ccccc1. The van der Waals surface area contributed by atoms with Gasteiger partial charge in [0.05, 0.1) is 24.4 Å². The molecule has 27 heavy (non-hydrogen) atoms. The van der Waals surface area contributed by atoms with Crippen molar-refractivity contribution in [3.8, 4) is 6.07 Å². The molecule has 140 valence electrons. The van der Waals surface area contributed by atoms with Crippen LogP contribution in [-0.2, 0) is 4.74 Å². The lowest BCUT2D eigenvalue weighted by Crippen LogP contribution is -2.26. The van der Waals surface area contributed by atoms with Crippen LogP contribution in [0.3, 0.4) is 0 Å². The summed E-state index contributed by atoms with van der Waals surface area (Å²) in [5.41, 5.74) is 0.897. The maximum atomic E-state index is 12.5. The van der Waals surface area contributed by atoms with Crippen molar-refractivity contribution < 1.29 is 14.3 Å². The van der Waals surface area contributed by atoms with Crippen LogP contribution in [-0.4, -0.2) is 34.7 Å². The topological polar surface area (TPSA) is 109 Å². The van der Waals surface area contributed by atoms with Crippen LogP contribution >= 0.6 is 0 Å². The summed E-state index contributed by atoms with van der Waals surface area (Å²) in [6, 6.07) is 10.7. The summed E-state index contributed by atoms with van der Waals surface area (Å²) >= 11 is 0. The average Bonchev–Trinajstić information content (AvgIpc) is 3.13. The summed E-state index contributed by atoms with van der Waals surface area (Å²) in [7, 11) is 0. The van der Waals surface area contributed by atoms with E-state index in [-0.39, 0.29) is 30.8 Å². The van der Waals surface area contributed by atoms with Gasteiger partial charge in [-0.1, -0.05) is 18.2 Å². The van der Waals surface area contributed by atoms with Crippen LogP contribution in [0.1, 0.15) is 52.8 Å². The molecule has 8 nitrogen and oxygen atoms in total. The Balaban J connectivity index is 1.82. The van der Waals surface area contributed by atoms with Gasteiger partial charge in [0.1, 0.15) is 6.23 Å². The summed E-state index contributed by atoms with van der Waals surface area (Å²) in [5.74, 6) is -0.769. The minimum Gasteiger partial charge on any atom is -0.357 e. The van der Waals surface area contributed by atoms with Crippen molar-refractivity contribution in [3.63, 3.8) is 0 Å². The number of hydrogen-bond acceptors (Lipinski definition) is 5. The van der Waals surface area contributed by atoms with Crippen molar-refractivity contribution in [1.82, 2.24) is 15.1 Å². The molecule has 1 aliphatic heterocycles. The first-order valence-electron chi connectivity index (χ1n) is 8.91. The van der Waals surface area contributed by atoms with Crippen molar-refractivity contribution in [2.75, 3.05) is 18.5 Å². The molecule has 0 spiro atoms. The molecular weight excluding hydrogens is 346 g/mol. The molecule has 1 aromatic carbocycles. The van der Waals surface area contributed by atoms with E-state index in [2.05, 4.69) is 15.7 Å². The maximum absolute atomic E-state index is 12.5. The van der Waals surface area contributed by atoms with E-state index < -0.39 is 5.91 Å². The molecule has 3 rings (SSSR count). The summed E-state index contributed by atoms with van der Waals surface area (Å²) in [5, 5.41) is 18.4. The molecule has 0 aliphatic carbocycles. The number of benzene rings is 1. The van der Waals surface area contributed by atoms with Crippen LogP contribution in [0, 0.1) is 11.3 Å². The summed E-state index contributed by atoms with van der Waals surface area (Å²) in [4.78, 5) is 24.9. The van der Waals surface area contributed by atoms with Crippen LogP contribution in [0.4, 0.5) is 5.69 Å². The van der Waals surface area contributed by atoms with E-state index in [0.29, 0.717) is 17.9 Å². The quantitative estimate of drug-likeness (QED) is 0.762. The lowest BCUT2D eigenvalue weighted by atomic mass is 10.2. The number of ether oxygens (including phenoxy) is 1. The van der Waals surface area contributed by atoms with E-state index in [1.165, 1.54) is 0 Å². The number of nitriles is 1. The van der Waals surface area contributed by atoms with E-state index in [4.69, 9.17) is 10.00 Å². The predicted molar refractivity (Wildman–Crippen MR) is 98.0 cm³/mol. The van der Waals surface area contributed by atoms with E-state index >= 15 is 0 Å². The van der Waals surface area contributed by atoms with E-state index in [0.717, 1.165) is 19.3 Å². The third-order valence-corrected chi connectivity index (χ3v) is 4.20. The average molecular weight is 367 g/mol. The smallest absolute Gasteiger partial charge is 0.273 e. The van der Waals surface area contributed by atoms with Gasteiger partial charge in [-0.2, -0.15) is 10.4 Å². The van der Waals surface area contributed by atoms with Gasteiger partial charge in [0.15, 0.2) is 5.69 Å². The Labute approximate surface area is 157 Å². The van der Waals surface area contributed by atoms with Gasteiger partial charge in [0.2, 0.25) is 0 Å². The number of amides is 2. The van der Waals surface area contributed by atoms with Gasteiger partial charge in [0.25, 0.3) is 11.8 Å². The van der Waals surface area contributed by atoms with Gasteiger partial charge in [-0.3, -0.25) is 9.59 Å². The molecule has 1 aliphatic rings. The molecule has 0 bridgehead atoms. The Morgan fingerprint density at radius 3 is 2.78 bits per heavy atom. The number of rotatable bonds is 6. The Hall–Kier alpha value is -3.18. The standard InChI is InChI=1S/C19H21N5O3/c20-10-6-11-21-19(26)17-15(22-18(25)14-7-2-1-3-8-14)13-24(23-17)16-9-4-5-12-27-16/h1-3,7-8,13,16H,4-6,9,11-12H2,(H,21,26)(H,22,25). The van der Waals surface area contributed by atoms with Gasteiger partial charge < -0.3 is 15.4 Å². The zero-order chi connectivity index (χ0) is 19.1. The summed E-state index contributed by atoms with van der Waals surface area (Å²) < 4.78 is 7.30. The highest BCUT2D eigenvalue weighted by atomic mass is 16.5. The van der Waals surface area contributed by atoms with Crippen LogP contribution in [0.5, 0.6) is 0 Å². The third kappa shape index (κ3) is 4.71. The van der Waals surface area contributed by atoms with Gasteiger partial charge in [-0.25, -0.2) is 4.68 Å². The lowest BCUT2D eigenvalue weighted by molar-refractivity contribution is -0.0395. The number of aromatic nitrogens is 2. The zero-order valence-electron chi connectivity index (χ0n) is 14.9. The number of anilines is 1. The third-order valence-electron chi connectivity index (χ3n) is 4.20. The van der Waals surface area contributed by atoms with Crippen molar-refractivity contribution in [1.29, 1.82) is 5.26 Å². The first kappa shape index (κ1) is 18.6. The Morgan fingerprint density at radius 2 is 2.07 bits per heavy atom. The molecule has 2 amide bonds. The minimum absolute atomic E-state index is 0.103. The van der Waals surface area contributed by atoms with Gasteiger partial charge in [-0.15, -0.1) is 0 Å². The number of carbonyl (C=O) groups excluding carboxylic acids is 2. The number of nitrogens with zero attached hydrogens (tertiary/aromatic N) is 3. The number of nitrogens with one attached hydrogen (secondary N) is 2. The molecule has 1 saturated heterocycles. The molecule has 1 atom stereocenters. The predicted octanol–water partition coefficient (Wildman–Crippen LogP) is 2.48. The van der Waals surface area contributed by atoms with Crippen molar-refractivity contribution in [2.45, 2.75) is 31.9 Å². The number of carbonyl (C=O) groups is 2. The van der Waals surface area contributed by atoms with E-state index in [1.54, 1.807) is 35.1 Å².